The number of nitrogens with one attached hydrogen (secondary N) is 1. The summed E-state index contributed by atoms with van der Waals surface area (Å²) >= 11 is 3.17. The van der Waals surface area contributed by atoms with Crippen molar-refractivity contribution in [1.29, 1.82) is 0 Å². The van der Waals surface area contributed by atoms with Gasteiger partial charge in [-0.3, -0.25) is 9.79 Å². The first-order valence-corrected chi connectivity index (χ1v) is 11.8. The van der Waals surface area contributed by atoms with Crippen molar-refractivity contribution in [2.45, 2.75) is 26.7 Å². The maximum Gasteiger partial charge on any atom is 0.255 e. The number of aliphatic imine (C=N–C) groups is 1. The molecule has 0 spiro atoms. The van der Waals surface area contributed by atoms with Crippen LogP contribution < -0.4 is 5.32 Å². The summed E-state index contributed by atoms with van der Waals surface area (Å²) in [6.45, 7) is 5.45. The van der Waals surface area contributed by atoms with E-state index in [1.165, 1.54) is 16.9 Å². The number of hydrogen-bond donors (Lipinski definition) is 1. The van der Waals surface area contributed by atoms with Crippen LogP contribution in [-0.4, -0.2) is 52.1 Å². The molecule has 31 heavy (non-hydrogen) atoms. The Morgan fingerprint density at radius 3 is 2.68 bits per heavy atom. The Balaban J connectivity index is 1.38. The Bertz CT molecular complexity index is 1120. The lowest BCUT2D eigenvalue weighted by Gasteiger charge is -2.28. The maximum absolute atomic E-state index is 12.8. The topological polar surface area (TPSA) is 83.4 Å². The molecule has 1 saturated heterocycles. The largest absolute Gasteiger partial charge is 0.338 e. The van der Waals surface area contributed by atoms with Crippen LogP contribution >= 0.6 is 22.7 Å². The van der Waals surface area contributed by atoms with Gasteiger partial charge in [-0.2, -0.15) is 0 Å². The van der Waals surface area contributed by atoms with Crippen LogP contribution in [-0.2, 0) is 0 Å². The molecule has 1 aliphatic heterocycles. The molecule has 4 rings (SSSR count). The lowest BCUT2D eigenvalue weighted by atomic mass is 10.0. The number of carbonyl (C=O) groups is 1. The van der Waals surface area contributed by atoms with E-state index in [2.05, 4.69) is 25.3 Å². The number of pyridine rings is 1. The summed E-state index contributed by atoms with van der Waals surface area (Å²) in [4.78, 5) is 33.3. The van der Waals surface area contributed by atoms with Gasteiger partial charge >= 0.3 is 0 Å². The second-order valence-electron chi connectivity index (χ2n) is 7.27. The number of likely N-dealkylation sites (tertiary alicyclic amines) is 1. The van der Waals surface area contributed by atoms with Gasteiger partial charge in [0.25, 0.3) is 5.91 Å². The number of aromatic nitrogens is 3. The maximum atomic E-state index is 12.8. The molecule has 0 aromatic carbocycles. The van der Waals surface area contributed by atoms with Crippen LogP contribution in [0.4, 0.5) is 10.9 Å². The van der Waals surface area contributed by atoms with E-state index in [-0.39, 0.29) is 5.91 Å². The third-order valence-corrected chi connectivity index (χ3v) is 6.89. The van der Waals surface area contributed by atoms with E-state index in [1.54, 1.807) is 24.6 Å². The Labute approximate surface area is 189 Å². The van der Waals surface area contributed by atoms with E-state index >= 15 is 0 Å². The predicted octanol–water partition coefficient (Wildman–Crippen LogP) is 4.89. The highest BCUT2D eigenvalue weighted by Gasteiger charge is 2.20. The predicted molar refractivity (Wildman–Crippen MR) is 128 cm³/mol. The summed E-state index contributed by atoms with van der Waals surface area (Å²) in [7, 11) is 1.76. The number of piperidine rings is 1. The third kappa shape index (κ3) is 5.05. The van der Waals surface area contributed by atoms with Crippen LogP contribution in [0.5, 0.6) is 0 Å². The van der Waals surface area contributed by atoms with Crippen LogP contribution in [0.3, 0.4) is 0 Å². The quantitative estimate of drug-likeness (QED) is 0.558. The monoisotopic (exact) mass is 452 g/mol. The minimum atomic E-state index is 0.0230. The number of rotatable bonds is 5. The molecule has 9 heteroatoms. The van der Waals surface area contributed by atoms with Gasteiger partial charge in [-0.25, -0.2) is 15.0 Å². The summed E-state index contributed by atoms with van der Waals surface area (Å²) in [5.41, 5.74) is 3.85. The van der Waals surface area contributed by atoms with Crippen molar-refractivity contribution in [2.75, 3.05) is 25.5 Å². The molecule has 1 fully saturated rings. The number of carbonyl (C=O) groups excluding carboxylic acids is 1. The van der Waals surface area contributed by atoms with Crippen LogP contribution in [0, 0.1) is 13.8 Å². The minimum absolute atomic E-state index is 0.0230. The van der Waals surface area contributed by atoms with Crippen LogP contribution in [0.1, 0.15) is 33.9 Å². The first-order valence-electron chi connectivity index (χ1n) is 10.1. The van der Waals surface area contributed by atoms with Crippen molar-refractivity contribution in [3.63, 3.8) is 0 Å². The fraction of sp³-hybridized carbons (Fsp3) is 0.318. The van der Waals surface area contributed by atoms with E-state index in [9.17, 15) is 4.79 Å². The Morgan fingerprint density at radius 1 is 1.23 bits per heavy atom. The van der Waals surface area contributed by atoms with Crippen molar-refractivity contribution >= 4 is 45.7 Å². The van der Waals surface area contributed by atoms with Crippen LogP contribution in [0.25, 0.3) is 10.6 Å². The number of aryl methyl sites for hydroxylation is 2. The van der Waals surface area contributed by atoms with Crippen LogP contribution in [0.2, 0.25) is 0 Å². The number of amides is 1. The third-order valence-electron chi connectivity index (χ3n) is 5.04. The Kier molecular flexibility index (Phi) is 6.53. The van der Waals surface area contributed by atoms with Gasteiger partial charge in [0.1, 0.15) is 5.82 Å². The van der Waals surface area contributed by atoms with E-state index < -0.39 is 0 Å². The van der Waals surface area contributed by atoms with Crippen molar-refractivity contribution in [1.82, 2.24) is 19.9 Å². The molecule has 0 saturated carbocycles. The molecule has 3 aromatic heterocycles. The zero-order chi connectivity index (χ0) is 21.8. The first kappa shape index (κ1) is 21.3. The van der Waals surface area contributed by atoms with Crippen molar-refractivity contribution in [2.24, 2.45) is 4.99 Å². The Hall–Kier alpha value is -2.91. The molecule has 1 N–H and O–H groups in total. The molecule has 4 heterocycles. The van der Waals surface area contributed by atoms with Crippen molar-refractivity contribution < 1.29 is 4.79 Å². The number of hydrogen-bond acceptors (Lipinski definition) is 8. The van der Waals surface area contributed by atoms with E-state index in [4.69, 9.17) is 0 Å². The molecule has 1 amide bonds. The highest BCUT2D eigenvalue weighted by molar-refractivity contribution is 7.16. The number of nitrogens with zero attached hydrogens (tertiary/aromatic N) is 5. The Morgan fingerprint density at radius 2 is 2.03 bits per heavy atom. The summed E-state index contributed by atoms with van der Waals surface area (Å²) < 4.78 is 0. The average Bonchev–Trinajstić information content (AvgIpc) is 3.38. The summed E-state index contributed by atoms with van der Waals surface area (Å²) in [6, 6.07) is 3.64. The standard InChI is InChI=1S/C22H24N6OS2/c1-14-20(31-15(2)25-14)18-13-30-22(26-18)27-19-5-4-17(12-24-19)21(29)28-10-7-16(8-11-28)6-9-23-3/h4-6,9,12-13H,7-8,10-11H2,1-3H3,(H,24,26,27). The lowest BCUT2D eigenvalue weighted by Crippen LogP contribution is -2.36. The smallest absolute Gasteiger partial charge is 0.255 e. The van der Waals surface area contributed by atoms with Gasteiger partial charge in [0.2, 0.25) is 0 Å². The fourth-order valence-electron chi connectivity index (χ4n) is 3.43. The van der Waals surface area contributed by atoms with E-state index in [0.717, 1.165) is 52.3 Å². The number of anilines is 2. The normalized spacial score (nSPS) is 14.3. The summed E-state index contributed by atoms with van der Waals surface area (Å²) in [5, 5.41) is 7.04. The molecule has 1 aliphatic rings. The van der Waals surface area contributed by atoms with Crippen molar-refractivity contribution in [3.8, 4) is 10.6 Å². The highest BCUT2D eigenvalue weighted by atomic mass is 32.1. The SMILES string of the molecule is CN=CC=C1CCN(C(=O)c2ccc(Nc3nc(-c4sc(C)nc4C)cs3)nc2)CC1. The molecule has 3 aromatic rings. The molecule has 160 valence electrons. The number of thiazole rings is 2. The minimum Gasteiger partial charge on any atom is -0.338 e. The van der Waals surface area contributed by atoms with Crippen molar-refractivity contribution in [3.05, 3.63) is 51.6 Å². The van der Waals surface area contributed by atoms with E-state index in [0.29, 0.717) is 11.4 Å². The van der Waals surface area contributed by atoms with Gasteiger partial charge in [0.05, 0.1) is 26.8 Å². The average molecular weight is 453 g/mol. The second kappa shape index (κ2) is 9.49. The van der Waals surface area contributed by atoms with Gasteiger partial charge < -0.3 is 10.2 Å². The second-order valence-corrected chi connectivity index (χ2v) is 9.33. The van der Waals surface area contributed by atoms with E-state index in [1.807, 2.05) is 48.6 Å². The van der Waals surface area contributed by atoms with Gasteiger partial charge in [-0.1, -0.05) is 5.57 Å². The van der Waals surface area contributed by atoms with Gasteiger partial charge in [0, 0.05) is 37.9 Å². The summed E-state index contributed by atoms with van der Waals surface area (Å²) in [5.74, 6) is 0.687. The zero-order valence-corrected chi connectivity index (χ0v) is 19.4. The molecule has 0 bridgehead atoms. The molecular weight excluding hydrogens is 428 g/mol. The van der Waals surface area contributed by atoms with Gasteiger partial charge in [-0.05, 0) is 44.9 Å². The zero-order valence-electron chi connectivity index (χ0n) is 17.8. The van der Waals surface area contributed by atoms with Gasteiger partial charge in [0.15, 0.2) is 5.13 Å². The van der Waals surface area contributed by atoms with Gasteiger partial charge in [-0.15, -0.1) is 22.7 Å². The highest BCUT2D eigenvalue weighted by Crippen LogP contribution is 2.32. The van der Waals surface area contributed by atoms with Crippen LogP contribution in [0.15, 0.2) is 40.4 Å². The molecule has 7 nitrogen and oxygen atoms in total. The molecule has 0 atom stereocenters. The first-order chi connectivity index (χ1) is 15.0. The molecule has 0 unspecified atom stereocenters. The molecule has 0 radical (unpaired) electrons. The molecule has 0 aliphatic carbocycles. The lowest BCUT2D eigenvalue weighted by molar-refractivity contribution is 0.0743. The summed E-state index contributed by atoms with van der Waals surface area (Å²) in [6.07, 6.45) is 7.26. The number of allylic oxidation sites excluding steroid dienone is 1. The molecular formula is C22H24N6OS2. The fourth-order valence-corrected chi connectivity index (χ4v) is 5.10.